The SMILES string of the molecule is COc1ccc2c(c1)CC(C)(C#N)OC2=O. The van der Waals surface area contributed by atoms with Crippen molar-refractivity contribution in [3.8, 4) is 11.8 Å². The Hall–Kier alpha value is -2.02. The second-order valence-corrected chi connectivity index (χ2v) is 3.93. The molecule has 0 aliphatic carbocycles. The fraction of sp³-hybridized carbons (Fsp3) is 0.333. The number of ether oxygens (including phenoxy) is 2. The Kier molecular flexibility index (Phi) is 2.31. The van der Waals surface area contributed by atoms with Crippen LogP contribution in [0.15, 0.2) is 18.2 Å². The second-order valence-electron chi connectivity index (χ2n) is 3.93. The summed E-state index contributed by atoms with van der Waals surface area (Å²) in [6, 6.07) is 7.14. The largest absolute Gasteiger partial charge is 0.497 e. The number of hydrogen-bond acceptors (Lipinski definition) is 4. The summed E-state index contributed by atoms with van der Waals surface area (Å²) < 4.78 is 10.2. The minimum atomic E-state index is -1.07. The molecule has 0 saturated carbocycles. The second kappa shape index (κ2) is 3.53. The standard InChI is InChI=1S/C12H11NO3/c1-12(7-13)6-8-5-9(15-2)3-4-10(8)11(14)16-12/h3-5H,6H2,1-2H3. The van der Waals surface area contributed by atoms with Crippen LogP contribution in [0.1, 0.15) is 22.8 Å². The van der Waals surface area contributed by atoms with Gasteiger partial charge in [-0.1, -0.05) is 0 Å². The summed E-state index contributed by atoms with van der Waals surface area (Å²) >= 11 is 0. The molecule has 1 aromatic carbocycles. The first kappa shape index (κ1) is 10.5. The van der Waals surface area contributed by atoms with E-state index in [0.717, 1.165) is 5.56 Å². The Morgan fingerprint density at radius 3 is 2.94 bits per heavy atom. The lowest BCUT2D eigenvalue weighted by Gasteiger charge is -2.28. The van der Waals surface area contributed by atoms with E-state index in [0.29, 0.717) is 17.7 Å². The lowest BCUT2D eigenvalue weighted by Crippen LogP contribution is -2.37. The predicted octanol–water partition coefficient (Wildman–Crippen LogP) is 1.69. The Labute approximate surface area is 93.4 Å². The topological polar surface area (TPSA) is 59.3 Å². The molecule has 2 rings (SSSR count). The van der Waals surface area contributed by atoms with Gasteiger partial charge in [0.25, 0.3) is 0 Å². The maximum atomic E-state index is 11.6. The Balaban J connectivity index is 2.48. The zero-order valence-electron chi connectivity index (χ0n) is 9.11. The van der Waals surface area contributed by atoms with Crippen molar-refractivity contribution in [3.63, 3.8) is 0 Å². The van der Waals surface area contributed by atoms with Crippen molar-refractivity contribution < 1.29 is 14.3 Å². The molecular formula is C12H11NO3. The highest BCUT2D eigenvalue weighted by Gasteiger charge is 2.36. The van der Waals surface area contributed by atoms with Gasteiger partial charge in [-0.3, -0.25) is 0 Å². The number of rotatable bonds is 1. The van der Waals surface area contributed by atoms with Crippen LogP contribution in [0.4, 0.5) is 0 Å². The summed E-state index contributed by atoms with van der Waals surface area (Å²) in [7, 11) is 1.56. The first-order valence-corrected chi connectivity index (χ1v) is 4.89. The summed E-state index contributed by atoms with van der Waals surface area (Å²) in [6.07, 6.45) is 0.391. The molecule has 0 N–H and O–H groups in total. The van der Waals surface area contributed by atoms with Gasteiger partial charge in [0.1, 0.15) is 11.8 Å². The molecule has 0 radical (unpaired) electrons. The molecule has 0 spiro atoms. The lowest BCUT2D eigenvalue weighted by molar-refractivity contribution is 0.00848. The number of hydrogen-bond donors (Lipinski definition) is 0. The lowest BCUT2D eigenvalue weighted by atomic mass is 9.91. The number of benzene rings is 1. The normalized spacial score (nSPS) is 22.9. The van der Waals surface area contributed by atoms with E-state index in [-0.39, 0.29) is 0 Å². The number of cyclic esters (lactones) is 1. The number of esters is 1. The molecule has 0 bridgehead atoms. The van der Waals surface area contributed by atoms with Crippen LogP contribution in [0.3, 0.4) is 0 Å². The molecule has 0 aromatic heterocycles. The molecule has 1 aliphatic rings. The fourth-order valence-electron chi connectivity index (χ4n) is 1.76. The van der Waals surface area contributed by atoms with Crippen LogP contribution in [0, 0.1) is 11.3 Å². The van der Waals surface area contributed by atoms with Crippen molar-refractivity contribution in [1.29, 1.82) is 5.26 Å². The van der Waals surface area contributed by atoms with Gasteiger partial charge >= 0.3 is 5.97 Å². The number of fused-ring (bicyclic) bond motifs is 1. The number of carbonyl (C=O) groups is 1. The van der Waals surface area contributed by atoms with E-state index in [4.69, 9.17) is 14.7 Å². The van der Waals surface area contributed by atoms with Gasteiger partial charge in [-0.15, -0.1) is 0 Å². The number of methoxy groups -OCH3 is 1. The third-order valence-corrected chi connectivity index (χ3v) is 2.61. The number of carbonyl (C=O) groups excluding carboxylic acids is 1. The molecule has 82 valence electrons. The van der Waals surface area contributed by atoms with E-state index in [1.165, 1.54) is 0 Å². The van der Waals surface area contributed by atoms with Crippen LogP contribution in [-0.2, 0) is 11.2 Å². The average molecular weight is 217 g/mol. The molecule has 1 atom stereocenters. The van der Waals surface area contributed by atoms with Gasteiger partial charge in [-0.25, -0.2) is 4.79 Å². The molecular weight excluding hydrogens is 206 g/mol. The zero-order chi connectivity index (χ0) is 11.8. The average Bonchev–Trinajstić information content (AvgIpc) is 2.28. The van der Waals surface area contributed by atoms with Gasteiger partial charge in [0.05, 0.1) is 12.7 Å². The van der Waals surface area contributed by atoms with Gasteiger partial charge in [0.15, 0.2) is 5.60 Å². The zero-order valence-corrected chi connectivity index (χ0v) is 9.11. The van der Waals surface area contributed by atoms with E-state index in [9.17, 15) is 4.79 Å². The van der Waals surface area contributed by atoms with E-state index in [1.807, 2.05) is 6.07 Å². The molecule has 4 nitrogen and oxygen atoms in total. The minimum Gasteiger partial charge on any atom is -0.497 e. The summed E-state index contributed by atoms with van der Waals surface area (Å²) in [5.41, 5.74) is 0.226. The Morgan fingerprint density at radius 2 is 2.31 bits per heavy atom. The minimum absolute atomic E-state index is 0.391. The van der Waals surface area contributed by atoms with Crippen LogP contribution in [0.25, 0.3) is 0 Å². The first-order chi connectivity index (χ1) is 7.58. The molecule has 4 heteroatoms. The van der Waals surface area contributed by atoms with Crippen molar-refractivity contribution in [1.82, 2.24) is 0 Å². The van der Waals surface area contributed by atoms with Crippen LogP contribution in [0.5, 0.6) is 5.75 Å². The fourth-order valence-corrected chi connectivity index (χ4v) is 1.76. The summed E-state index contributed by atoms with van der Waals surface area (Å²) in [4.78, 5) is 11.6. The van der Waals surface area contributed by atoms with Crippen molar-refractivity contribution in [3.05, 3.63) is 29.3 Å². The smallest absolute Gasteiger partial charge is 0.340 e. The van der Waals surface area contributed by atoms with Gasteiger partial charge in [0.2, 0.25) is 0 Å². The number of nitrogens with zero attached hydrogens (tertiary/aromatic N) is 1. The number of nitriles is 1. The Bertz CT molecular complexity index is 490. The molecule has 1 aliphatic heterocycles. The maximum Gasteiger partial charge on any atom is 0.340 e. The van der Waals surface area contributed by atoms with Crippen LogP contribution in [-0.4, -0.2) is 18.7 Å². The van der Waals surface area contributed by atoms with Crippen LogP contribution >= 0.6 is 0 Å². The first-order valence-electron chi connectivity index (χ1n) is 4.89. The van der Waals surface area contributed by atoms with Crippen LogP contribution in [0.2, 0.25) is 0 Å². The van der Waals surface area contributed by atoms with Gasteiger partial charge in [0, 0.05) is 6.42 Å². The quantitative estimate of drug-likeness (QED) is 0.671. The predicted molar refractivity (Wildman–Crippen MR) is 56.1 cm³/mol. The molecule has 1 aromatic rings. The van der Waals surface area contributed by atoms with Gasteiger partial charge < -0.3 is 9.47 Å². The summed E-state index contributed by atoms with van der Waals surface area (Å²) in [5, 5.41) is 8.96. The molecule has 1 heterocycles. The highest BCUT2D eigenvalue weighted by Crippen LogP contribution is 2.30. The highest BCUT2D eigenvalue weighted by atomic mass is 16.6. The van der Waals surface area contributed by atoms with Gasteiger partial charge in [-0.2, -0.15) is 5.26 Å². The van der Waals surface area contributed by atoms with Crippen LogP contribution < -0.4 is 4.74 Å². The van der Waals surface area contributed by atoms with Crippen molar-refractivity contribution in [2.45, 2.75) is 18.9 Å². The highest BCUT2D eigenvalue weighted by molar-refractivity contribution is 5.93. The van der Waals surface area contributed by atoms with E-state index >= 15 is 0 Å². The molecule has 1 unspecified atom stereocenters. The third-order valence-electron chi connectivity index (χ3n) is 2.61. The third kappa shape index (κ3) is 1.61. The Morgan fingerprint density at radius 1 is 1.56 bits per heavy atom. The van der Waals surface area contributed by atoms with E-state index in [2.05, 4.69) is 0 Å². The molecule has 16 heavy (non-hydrogen) atoms. The molecule has 0 amide bonds. The van der Waals surface area contributed by atoms with Crippen molar-refractivity contribution >= 4 is 5.97 Å². The van der Waals surface area contributed by atoms with E-state index in [1.54, 1.807) is 32.2 Å². The van der Waals surface area contributed by atoms with E-state index < -0.39 is 11.6 Å². The summed E-state index contributed by atoms with van der Waals surface area (Å²) in [6.45, 7) is 1.60. The molecule has 0 fully saturated rings. The van der Waals surface area contributed by atoms with Crippen molar-refractivity contribution in [2.75, 3.05) is 7.11 Å². The monoisotopic (exact) mass is 217 g/mol. The molecule has 0 saturated heterocycles. The van der Waals surface area contributed by atoms with Gasteiger partial charge in [-0.05, 0) is 30.7 Å². The maximum absolute atomic E-state index is 11.6. The van der Waals surface area contributed by atoms with Crippen molar-refractivity contribution in [2.24, 2.45) is 0 Å². The summed E-state index contributed by atoms with van der Waals surface area (Å²) in [5.74, 6) is 0.224.